The molecule has 0 fully saturated rings. The first kappa shape index (κ1) is 55.3. The summed E-state index contributed by atoms with van der Waals surface area (Å²) in [6.07, 6.45) is 38.7. The summed E-state index contributed by atoms with van der Waals surface area (Å²) in [5.74, 6) is -1.98. The number of nitrogens with zero attached hydrogens (tertiary/aromatic N) is 1. The zero-order valence-corrected chi connectivity index (χ0v) is 38.3. The number of hydrogen-bond donors (Lipinski definition) is 1. The third-order valence-corrected chi connectivity index (χ3v) is 10.9. The summed E-state index contributed by atoms with van der Waals surface area (Å²) in [5, 5.41) is 9.64. The Hall–Kier alpha value is -1.71. The number of carboxylic acids is 1. The molecule has 0 heterocycles. The largest absolute Gasteiger partial charge is 0.477 e. The van der Waals surface area contributed by atoms with Gasteiger partial charge in [0.15, 0.2) is 6.10 Å². The molecule has 2 atom stereocenters. The minimum Gasteiger partial charge on any atom is -0.477 e. The number of carbonyl (C=O) groups excluding carboxylic acids is 2. The molecule has 0 aromatic rings. The smallest absolute Gasteiger partial charge is 0.361 e. The number of esters is 2. The van der Waals surface area contributed by atoms with E-state index in [0.29, 0.717) is 17.4 Å². The Balaban J connectivity index is 4.34. The van der Waals surface area contributed by atoms with Crippen LogP contribution in [-0.2, 0) is 33.3 Å². The Kier molecular flexibility index (Phi) is 39.8. The number of unbranched alkanes of at least 4 members (excludes halogenated alkanes) is 30. The summed E-state index contributed by atoms with van der Waals surface area (Å²) in [5.41, 5.74) is 0. The fourth-order valence-electron chi connectivity index (χ4n) is 7.07. The van der Waals surface area contributed by atoms with Crippen LogP contribution < -0.4 is 0 Å². The maximum Gasteiger partial charge on any atom is 0.361 e. The molecule has 9 nitrogen and oxygen atoms in total. The summed E-state index contributed by atoms with van der Waals surface area (Å²) in [6.45, 7) is 4.91. The molecule has 0 aliphatic carbocycles. The first-order chi connectivity index (χ1) is 27.6. The van der Waals surface area contributed by atoms with Gasteiger partial charge in [-0.1, -0.05) is 206 Å². The third kappa shape index (κ3) is 42.2. The van der Waals surface area contributed by atoms with Crippen molar-refractivity contribution in [2.75, 3.05) is 47.5 Å². The zero-order valence-electron chi connectivity index (χ0n) is 38.3. The van der Waals surface area contributed by atoms with Crippen molar-refractivity contribution < 1.29 is 42.9 Å². The summed E-state index contributed by atoms with van der Waals surface area (Å²) in [4.78, 5) is 37.2. The summed E-state index contributed by atoms with van der Waals surface area (Å²) in [6, 6.07) is 0. The summed E-state index contributed by atoms with van der Waals surface area (Å²) in [7, 11) is 5.97. The van der Waals surface area contributed by atoms with Gasteiger partial charge in [0.05, 0.1) is 34.4 Å². The van der Waals surface area contributed by atoms with E-state index in [9.17, 15) is 19.5 Å². The van der Waals surface area contributed by atoms with Crippen LogP contribution in [0.25, 0.3) is 0 Å². The van der Waals surface area contributed by atoms with Crippen molar-refractivity contribution in [1.29, 1.82) is 0 Å². The topological polar surface area (TPSA) is 108 Å². The molecular formula is C48H94NO8+. The number of ether oxygens (including phenoxy) is 4. The number of carbonyl (C=O) groups is 3. The number of likely N-dealkylation sites (N-methyl/N-ethyl adjacent to an activating group) is 1. The first-order valence-electron chi connectivity index (χ1n) is 24.2. The Morgan fingerprint density at radius 2 is 0.789 bits per heavy atom. The maximum atomic E-state index is 12.8. The number of hydrogen-bond acceptors (Lipinski definition) is 7. The van der Waals surface area contributed by atoms with Gasteiger partial charge in [-0.3, -0.25) is 9.59 Å². The highest BCUT2D eigenvalue weighted by Crippen LogP contribution is 2.16. The normalized spacial score (nSPS) is 12.8. The van der Waals surface area contributed by atoms with Crippen molar-refractivity contribution in [2.24, 2.45) is 0 Å². The molecule has 0 aromatic heterocycles. The lowest BCUT2D eigenvalue weighted by molar-refractivity contribution is -0.870. The van der Waals surface area contributed by atoms with Gasteiger partial charge in [0.2, 0.25) is 0 Å². The van der Waals surface area contributed by atoms with Crippen LogP contribution in [-0.4, -0.2) is 87.4 Å². The van der Waals surface area contributed by atoms with E-state index >= 15 is 0 Å². The monoisotopic (exact) mass is 813 g/mol. The molecule has 0 saturated heterocycles. The lowest BCUT2D eigenvalue weighted by atomic mass is 10.0. The van der Waals surface area contributed by atoms with Gasteiger partial charge in [0.25, 0.3) is 6.29 Å². The molecule has 338 valence electrons. The van der Waals surface area contributed by atoms with Gasteiger partial charge >= 0.3 is 17.9 Å². The fraction of sp³-hybridized carbons (Fsp3) is 0.938. The highest BCUT2D eigenvalue weighted by molar-refractivity contribution is 5.71. The second-order valence-electron chi connectivity index (χ2n) is 17.8. The number of carboxylic acid groups (broad SMARTS) is 1. The van der Waals surface area contributed by atoms with E-state index in [0.717, 1.165) is 38.5 Å². The van der Waals surface area contributed by atoms with E-state index < -0.39 is 18.4 Å². The maximum absolute atomic E-state index is 12.8. The molecule has 0 saturated carbocycles. The molecule has 0 aliphatic rings. The zero-order chi connectivity index (χ0) is 42.1. The predicted molar refractivity (Wildman–Crippen MR) is 235 cm³/mol. The SMILES string of the molecule is CCCCCCCCCCCCCCCCCCCCC(=O)OC(COC(=O)CCCCCCCCCCCCCCCC)COC(OCC[N+](C)(C)C)C(=O)O. The first-order valence-corrected chi connectivity index (χ1v) is 24.2. The Bertz CT molecular complexity index is 907. The number of aliphatic carboxylic acids is 1. The average molecular weight is 813 g/mol. The highest BCUT2D eigenvalue weighted by atomic mass is 16.7. The van der Waals surface area contributed by atoms with Crippen LogP contribution in [0.4, 0.5) is 0 Å². The van der Waals surface area contributed by atoms with Crippen molar-refractivity contribution in [3.05, 3.63) is 0 Å². The molecule has 9 heteroatoms. The molecule has 1 N–H and O–H groups in total. The van der Waals surface area contributed by atoms with Crippen LogP contribution in [0.2, 0.25) is 0 Å². The molecule has 0 spiro atoms. The van der Waals surface area contributed by atoms with Crippen LogP contribution >= 0.6 is 0 Å². The van der Waals surface area contributed by atoms with Crippen molar-refractivity contribution >= 4 is 17.9 Å². The van der Waals surface area contributed by atoms with Crippen LogP contribution in [0.5, 0.6) is 0 Å². The lowest BCUT2D eigenvalue weighted by Gasteiger charge is -2.25. The van der Waals surface area contributed by atoms with Gasteiger partial charge in [-0.2, -0.15) is 0 Å². The molecule has 0 amide bonds. The number of rotatable bonds is 45. The van der Waals surface area contributed by atoms with E-state index in [-0.39, 0.29) is 38.2 Å². The third-order valence-electron chi connectivity index (χ3n) is 10.9. The van der Waals surface area contributed by atoms with Crippen molar-refractivity contribution in [3.63, 3.8) is 0 Å². The van der Waals surface area contributed by atoms with Crippen LogP contribution in [0.15, 0.2) is 0 Å². The van der Waals surface area contributed by atoms with Crippen LogP contribution in [0, 0.1) is 0 Å². The van der Waals surface area contributed by atoms with Gasteiger partial charge in [-0.25, -0.2) is 4.79 Å². The lowest BCUT2D eigenvalue weighted by Crippen LogP contribution is -2.40. The van der Waals surface area contributed by atoms with E-state index in [1.165, 1.54) is 167 Å². The fourth-order valence-corrected chi connectivity index (χ4v) is 7.07. The van der Waals surface area contributed by atoms with E-state index in [1.807, 2.05) is 21.1 Å². The standard InChI is InChI=1S/C48H93NO8/c1-6-8-10-12-14-16-18-20-22-23-24-25-27-29-31-33-35-37-39-46(51)57-44(43-56-48(47(52)53)54-41-40-49(3,4)5)42-55-45(50)38-36-34-32-30-28-26-21-19-17-15-13-11-9-7-2/h44,48H,6-43H2,1-5H3/p+1. The second kappa shape index (κ2) is 41.0. The molecule has 57 heavy (non-hydrogen) atoms. The Labute approximate surface area is 352 Å². The molecule has 0 rings (SSSR count). The Morgan fingerprint density at radius 1 is 0.456 bits per heavy atom. The van der Waals surface area contributed by atoms with Crippen LogP contribution in [0.3, 0.4) is 0 Å². The van der Waals surface area contributed by atoms with Gasteiger partial charge in [-0.05, 0) is 12.8 Å². The Morgan fingerprint density at radius 3 is 1.12 bits per heavy atom. The van der Waals surface area contributed by atoms with Gasteiger partial charge in [-0.15, -0.1) is 0 Å². The average Bonchev–Trinajstić information content (AvgIpc) is 3.17. The molecule has 0 aliphatic heterocycles. The van der Waals surface area contributed by atoms with Gasteiger partial charge in [0.1, 0.15) is 13.2 Å². The molecule has 0 radical (unpaired) electrons. The van der Waals surface area contributed by atoms with Gasteiger partial charge < -0.3 is 28.5 Å². The second-order valence-corrected chi connectivity index (χ2v) is 17.8. The minimum absolute atomic E-state index is 0.173. The minimum atomic E-state index is -1.50. The van der Waals surface area contributed by atoms with Crippen molar-refractivity contribution in [2.45, 2.75) is 245 Å². The predicted octanol–water partition coefficient (Wildman–Crippen LogP) is 12.9. The van der Waals surface area contributed by atoms with Crippen molar-refractivity contribution in [3.8, 4) is 0 Å². The summed E-state index contributed by atoms with van der Waals surface area (Å²) < 4.78 is 22.8. The van der Waals surface area contributed by atoms with Gasteiger partial charge in [0, 0.05) is 12.8 Å². The number of quaternary nitrogens is 1. The highest BCUT2D eigenvalue weighted by Gasteiger charge is 2.25. The van der Waals surface area contributed by atoms with E-state index in [4.69, 9.17) is 18.9 Å². The summed E-state index contributed by atoms with van der Waals surface area (Å²) >= 11 is 0. The molecule has 0 aromatic carbocycles. The molecule has 0 bridgehead atoms. The van der Waals surface area contributed by atoms with E-state index in [2.05, 4.69) is 13.8 Å². The molecular weight excluding hydrogens is 719 g/mol. The molecule has 2 unspecified atom stereocenters. The quantitative estimate of drug-likeness (QED) is 0.0280. The van der Waals surface area contributed by atoms with E-state index in [1.54, 1.807) is 0 Å². The van der Waals surface area contributed by atoms with Crippen molar-refractivity contribution in [1.82, 2.24) is 0 Å². The van der Waals surface area contributed by atoms with Crippen LogP contribution in [0.1, 0.15) is 232 Å².